The van der Waals surface area contributed by atoms with Gasteiger partial charge in [0.2, 0.25) is 11.8 Å². The van der Waals surface area contributed by atoms with Crippen molar-refractivity contribution in [1.82, 2.24) is 4.90 Å². The van der Waals surface area contributed by atoms with Crippen LogP contribution in [0.2, 0.25) is 0 Å². The van der Waals surface area contributed by atoms with Crippen LogP contribution in [0.1, 0.15) is 12.0 Å². The van der Waals surface area contributed by atoms with Crippen LogP contribution in [0.4, 0.5) is 11.4 Å². The number of piperazine rings is 1. The fraction of sp³-hybridized carbons (Fsp3) is 0.391. The van der Waals surface area contributed by atoms with Gasteiger partial charge in [0, 0.05) is 55.4 Å². The highest BCUT2D eigenvalue weighted by atomic mass is 32.2. The van der Waals surface area contributed by atoms with Crippen LogP contribution in [-0.4, -0.2) is 55.7 Å². The summed E-state index contributed by atoms with van der Waals surface area (Å²) in [6, 6.07) is 16.5. The molecule has 4 rings (SSSR count). The predicted molar refractivity (Wildman–Crippen MR) is 119 cm³/mol. The fourth-order valence-electron chi connectivity index (χ4n) is 4.15. The summed E-state index contributed by atoms with van der Waals surface area (Å²) in [5.74, 6) is -0.0858. The lowest BCUT2D eigenvalue weighted by molar-refractivity contribution is -0.136. The molecule has 6 heteroatoms. The minimum atomic E-state index is -0.242. The molecule has 29 heavy (non-hydrogen) atoms. The van der Waals surface area contributed by atoms with Gasteiger partial charge < -0.3 is 14.7 Å². The van der Waals surface area contributed by atoms with E-state index in [1.807, 2.05) is 35.4 Å². The van der Waals surface area contributed by atoms with Crippen molar-refractivity contribution in [3.63, 3.8) is 0 Å². The molecule has 2 saturated heterocycles. The summed E-state index contributed by atoms with van der Waals surface area (Å²) >= 11 is 1.68. The monoisotopic (exact) mass is 409 g/mol. The number of hydrogen-bond acceptors (Lipinski definition) is 4. The summed E-state index contributed by atoms with van der Waals surface area (Å²) < 4.78 is 0. The number of benzene rings is 2. The molecule has 1 atom stereocenters. The minimum absolute atomic E-state index is 0.0404. The lowest BCUT2D eigenvalue weighted by atomic mass is 10.1. The largest absolute Gasteiger partial charge is 0.368 e. The molecule has 2 aromatic carbocycles. The molecule has 0 spiro atoms. The second kappa shape index (κ2) is 8.49. The number of amides is 2. The van der Waals surface area contributed by atoms with Gasteiger partial charge in [-0.05, 0) is 55.1 Å². The average molecular weight is 410 g/mol. The van der Waals surface area contributed by atoms with Crippen molar-refractivity contribution in [3.05, 3.63) is 54.1 Å². The number of hydrogen-bond donors (Lipinski definition) is 0. The molecule has 2 aliphatic rings. The van der Waals surface area contributed by atoms with Crippen LogP contribution in [0.3, 0.4) is 0 Å². The molecule has 0 aliphatic carbocycles. The highest BCUT2D eigenvalue weighted by Gasteiger charge is 2.37. The highest BCUT2D eigenvalue weighted by Crippen LogP contribution is 2.28. The number of nitrogens with zero attached hydrogens (tertiary/aromatic N) is 3. The van der Waals surface area contributed by atoms with Gasteiger partial charge in [-0.2, -0.15) is 0 Å². The summed E-state index contributed by atoms with van der Waals surface area (Å²) in [5.41, 5.74) is 3.34. The van der Waals surface area contributed by atoms with Crippen molar-refractivity contribution in [2.45, 2.75) is 18.2 Å². The molecule has 0 bridgehead atoms. The summed E-state index contributed by atoms with van der Waals surface area (Å²) in [7, 11) is 0. The fourth-order valence-corrected chi connectivity index (χ4v) is 4.56. The molecule has 1 unspecified atom stereocenters. The Balaban J connectivity index is 1.36. The molecule has 2 aromatic rings. The summed E-state index contributed by atoms with van der Waals surface area (Å²) in [4.78, 5) is 32.8. The van der Waals surface area contributed by atoms with E-state index in [-0.39, 0.29) is 17.7 Å². The van der Waals surface area contributed by atoms with Gasteiger partial charge in [0.1, 0.15) is 0 Å². The summed E-state index contributed by atoms with van der Waals surface area (Å²) in [6.07, 6.45) is 2.34. The van der Waals surface area contributed by atoms with Crippen molar-refractivity contribution >= 4 is 35.0 Å². The van der Waals surface area contributed by atoms with Gasteiger partial charge in [-0.1, -0.05) is 12.1 Å². The SMILES string of the molecule is CSc1ccc(N2CC(C(=O)N3CCN(c4cccc(C)c4)CC3)CC2=O)cc1. The topological polar surface area (TPSA) is 43.9 Å². The maximum Gasteiger partial charge on any atom is 0.228 e. The molecule has 2 heterocycles. The van der Waals surface area contributed by atoms with Gasteiger partial charge in [0.05, 0.1) is 5.92 Å². The number of rotatable bonds is 4. The average Bonchev–Trinajstić information content (AvgIpc) is 3.15. The van der Waals surface area contributed by atoms with Crippen LogP contribution in [-0.2, 0) is 9.59 Å². The van der Waals surface area contributed by atoms with Gasteiger partial charge >= 0.3 is 0 Å². The maximum atomic E-state index is 13.0. The molecule has 0 radical (unpaired) electrons. The van der Waals surface area contributed by atoms with Gasteiger partial charge in [-0.25, -0.2) is 0 Å². The first kappa shape index (κ1) is 19.8. The van der Waals surface area contributed by atoms with Crippen LogP contribution < -0.4 is 9.80 Å². The molecule has 152 valence electrons. The first-order chi connectivity index (χ1) is 14.0. The lowest BCUT2D eigenvalue weighted by Crippen LogP contribution is -2.50. The van der Waals surface area contributed by atoms with E-state index in [2.05, 4.69) is 36.1 Å². The normalized spacial score (nSPS) is 19.7. The number of carbonyl (C=O) groups is 2. The standard InChI is InChI=1S/C23H27N3O2S/c1-17-4-3-5-20(14-17)24-10-12-25(13-11-24)23(28)18-15-22(27)26(16-18)19-6-8-21(29-2)9-7-19/h3-9,14,18H,10-13,15-16H2,1-2H3. The van der Waals surface area contributed by atoms with E-state index >= 15 is 0 Å². The third-order valence-corrected chi connectivity index (χ3v) is 6.56. The molecular formula is C23H27N3O2S. The molecule has 2 aliphatic heterocycles. The van der Waals surface area contributed by atoms with E-state index in [9.17, 15) is 9.59 Å². The number of carbonyl (C=O) groups excluding carboxylic acids is 2. The van der Waals surface area contributed by atoms with Gasteiger partial charge in [-0.3, -0.25) is 9.59 Å². The zero-order valence-electron chi connectivity index (χ0n) is 17.0. The highest BCUT2D eigenvalue weighted by molar-refractivity contribution is 7.98. The quantitative estimate of drug-likeness (QED) is 0.726. The summed E-state index contributed by atoms with van der Waals surface area (Å²) in [5, 5.41) is 0. The Labute approximate surface area is 176 Å². The Morgan fingerprint density at radius 3 is 2.38 bits per heavy atom. The van der Waals surface area contributed by atoms with Crippen LogP contribution in [0, 0.1) is 12.8 Å². The zero-order valence-corrected chi connectivity index (χ0v) is 17.8. The van der Waals surface area contributed by atoms with Crippen LogP contribution in [0.5, 0.6) is 0 Å². The third kappa shape index (κ3) is 4.27. The molecule has 2 fully saturated rings. The Bertz CT molecular complexity index is 891. The van der Waals surface area contributed by atoms with Gasteiger partial charge in [-0.15, -0.1) is 11.8 Å². The van der Waals surface area contributed by atoms with E-state index in [1.54, 1.807) is 16.7 Å². The second-order valence-electron chi connectivity index (χ2n) is 7.75. The van der Waals surface area contributed by atoms with E-state index in [0.29, 0.717) is 26.1 Å². The van der Waals surface area contributed by atoms with Crippen molar-refractivity contribution in [2.75, 3.05) is 48.8 Å². The van der Waals surface area contributed by atoms with Crippen molar-refractivity contribution < 1.29 is 9.59 Å². The number of anilines is 2. The second-order valence-corrected chi connectivity index (χ2v) is 8.63. The van der Waals surface area contributed by atoms with E-state index in [0.717, 1.165) is 18.8 Å². The van der Waals surface area contributed by atoms with Gasteiger partial charge in [0.25, 0.3) is 0 Å². The van der Waals surface area contributed by atoms with Gasteiger partial charge in [0.15, 0.2) is 0 Å². The first-order valence-corrected chi connectivity index (χ1v) is 11.3. The first-order valence-electron chi connectivity index (χ1n) is 10.1. The zero-order chi connectivity index (χ0) is 20.4. The van der Waals surface area contributed by atoms with E-state index < -0.39 is 0 Å². The van der Waals surface area contributed by atoms with Crippen LogP contribution in [0.15, 0.2) is 53.4 Å². The molecule has 0 aromatic heterocycles. The molecule has 0 N–H and O–H groups in total. The van der Waals surface area contributed by atoms with E-state index in [4.69, 9.17) is 0 Å². The van der Waals surface area contributed by atoms with Crippen molar-refractivity contribution in [3.8, 4) is 0 Å². The molecule has 0 saturated carbocycles. The Hall–Kier alpha value is -2.47. The molecule has 2 amide bonds. The number of aryl methyl sites for hydroxylation is 1. The van der Waals surface area contributed by atoms with E-state index in [1.165, 1.54) is 16.1 Å². The predicted octanol–water partition coefficient (Wildman–Crippen LogP) is 3.42. The Morgan fingerprint density at radius 1 is 1.00 bits per heavy atom. The minimum Gasteiger partial charge on any atom is -0.368 e. The van der Waals surface area contributed by atoms with Crippen LogP contribution in [0.25, 0.3) is 0 Å². The molecular weight excluding hydrogens is 382 g/mol. The summed E-state index contributed by atoms with van der Waals surface area (Å²) in [6.45, 7) is 5.65. The van der Waals surface area contributed by atoms with Crippen molar-refractivity contribution in [2.24, 2.45) is 5.92 Å². The number of thioether (sulfide) groups is 1. The molecule has 5 nitrogen and oxygen atoms in total. The third-order valence-electron chi connectivity index (χ3n) is 5.82. The Morgan fingerprint density at radius 2 is 1.72 bits per heavy atom. The van der Waals surface area contributed by atoms with Crippen LogP contribution >= 0.6 is 11.8 Å². The van der Waals surface area contributed by atoms with Crippen molar-refractivity contribution in [1.29, 1.82) is 0 Å². The smallest absolute Gasteiger partial charge is 0.228 e. The maximum absolute atomic E-state index is 13.0. The Kier molecular flexibility index (Phi) is 5.81. The lowest BCUT2D eigenvalue weighted by Gasteiger charge is -2.37.